The zero-order valence-corrected chi connectivity index (χ0v) is 12.3. The van der Waals surface area contributed by atoms with Crippen LogP contribution in [-0.4, -0.2) is 39.3 Å². The average molecular weight is 280 g/mol. The molecule has 1 aromatic rings. The molecule has 0 aromatic heterocycles. The van der Waals surface area contributed by atoms with Gasteiger partial charge in [-0.3, -0.25) is 4.79 Å². The molecule has 0 aliphatic rings. The Bertz CT molecular complexity index is 396. The van der Waals surface area contributed by atoms with Crippen LogP contribution in [0.25, 0.3) is 0 Å². The molecule has 5 heteroatoms. The maximum Gasteiger partial charge on any atom is 0.225 e. The van der Waals surface area contributed by atoms with E-state index in [1.54, 1.807) is 0 Å². The van der Waals surface area contributed by atoms with Crippen LogP contribution in [0.1, 0.15) is 18.9 Å². The Hall–Kier alpha value is -1.43. The Morgan fingerprint density at radius 2 is 2.05 bits per heavy atom. The van der Waals surface area contributed by atoms with Crippen molar-refractivity contribution in [3.8, 4) is 0 Å². The number of hydrogen-bond acceptors (Lipinski definition) is 4. The molecular formula is C15H24N2O3. The molecule has 0 heterocycles. The molecule has 2 N–H and O–H groups in total. The Morgan fingerprint density at radius 3 is 2.80 bits per heavy atom. The largest absolute Gasteiger partial charge is 0.379 e. The Labute approximate surface area is 120 Å². The fourth-order valence-corrected chi connectivity index (χ4v) is 1.65. The van der Waals surface area contributed by atoms with Gasteiger partial charge in [-0.1, -0.05) is 12.1 Å². The van der Waals surface area contributed by atoms with Gasteiger partial charge in [-0.05, 0) is 31.7 Å². The van der Waals surface area contributed by atoms with E-state index in [9.17, 15) is 4.79 Å². The lowest BCUT2D eigenvalue weighted by Crippen LogP contribution is -2.18. The van der Waals surface area contributed by atoms with Crippen molar-refractivity contribution in [3.63, 3.8) is 0 Å². The molecule has 0 aliphatic carbocycles. The van der Waals surface area contributed by atoms with Gasteiger partial charge in [0.05, 0.1) is 19.8 Å². The summed E-state index contributed by atoms with van der Waals surface area (Å²) < 4.78 is 10.7. The molecule has 0 fully saturated rings. The van der Waals surface area contributed by atoms with E-state index in [1.165, 1.54) is 0 Å². The minimum absolute atomic E-state index is 0.00811. The lowest BCUT2D eigenvalue weighted by molar-refractivity contribution is -0.116. The van der Waals surface area contributed by atoms with Crippen LogP contribution in [0.2, 0.25) is 0 Å². The SMILES string of the molecule is CCOCCOCc1cccc(NC(=O)CCNC)c1. The quantitative estimate of drug-likeness (QED) is 0.642. The van der Waals surface area contributed by atoms with Crippen molar-refractivity contribution in [1.29, 1.82) is 0 Å². The van der Waals surface area contributed by atoms with E-state index < -0.39 is 0 Å². The van der Waals surface area contributed by atoms with Crippen LogP contribution >= 0.6 is 0 Å². The normalized spacial score (nSPS) is 10.5. The Kier molecular flexibility index (Phi) is 8.62. The van der Waals surface area contributed by atoms with Crippen LogP contribution in [0, 0.1) is 0 Å². The second-order valence-electron chi connectivity index (χ2n) is 4.35. The molecule has 1 amide bonds. The van der Waals surface area contributed by atoms with E-state index in [-0.39, 0.29) is 5.91 Å². The highest BCUT2D eigenvalue weighted by Crippen LogP contribution is 2.11. The standard InChI is InChI=1S/C15H24N2O3/c1-3-19-9-10-20-12-13-5-4-6-14(11-13)17-15(18)7-8-16-2/h4-6,11,16H,3,7-10,12H2,1-2H3,(H,17,18). The number of anilines is 1. The first-order valence-electron chi connectivity index (χ1n) is 6.95. The minimum Gasteiger partial charge on any atom is -0.379 e. The van der Waals surface area contributed by atoms with Crippen LogP contribution in [-0.2, 0) is 20.9 Å². The molecule has 1 aromatic carbocycles. The average Bonchev–Trinajstić information content (AvgIpc) is 2.45. The summed E-state index contributed by atoms with van der Waals surface area (Å²) in [4.78, 5) is 11.6. The fourth-order valence-electron chi connectivity index (χ4n) is 1.65. The van der Waals surface area contributed by atoms with Crippen molar-refractivity contribution in [3.05, 3.63) is 29.8 Å². The smallest absolute Gasteiger partial charge is 0.225 e. The lowest BCUT2D eigenvalue weighted by atomic mass is 10.2. The number of hydrogen-bond donors (Lipinski definition) is 2. The molecule has 5 nitrogen and oxygen atoms in total. The highest BCUT2D eigenvalue weighted by molar-refractivity contribution is 5.90. The molecule has 0 bridgehead atoms. The summed E-state index contributed by atoms with van der Waals surface area (Å²) in [6.45, 7) is 5.04. The van der Waals surface area contributed by atoms with Crippen LogP contribution < -0.4 is 10.6 Å². The first kappa shape index (κ1) is 16.6. The molecule has 0 radical (unpaired) electrons. The molecule has 0 unspecified atom stereocenters. The van der Waals surface area contributed by atoms with E-state index >= 15 is 0 Å². The zero-order valence-electron chi connectivity index (χ0n) is 12.3. The van der Waals surface area contributed by atoms with Gasteiger partial charge in [0.15, 0.2) is 0 Å². The number of benzene rings is 1. The van der Waals surface area contributed by atoms with Crippen molar-refractivity contribution in [2.75, 3.05) is 38.7 Å². The number of rotatable bonds is 10. The summed E-state index contributed by atoms with van der Waals surface area (Å²) in [5.74, 6) is 0.00811. The van der Waals surface area contributed by atoms with Gasteiger partial charge >= 0.3 is 0 Å². The maximum absolute atomic E-state index is 11.6. The number of carbonyl (C=O) groups excluding carboxylic acids is 1. The second kappa shape index (κ2) is 10.4. The number of ether oxygens (including phenoxy) is 2. The van der Waals surface area contributed by atoms with E-state index in [0.29, 0.717) is 39.4 Å². The monoisotopic (exact) mass is 280 g/mol. The number of amides is 1. The molecule has 20 heavy (non-hydrogen) atoms. The van der Waals surface area contributed by atoms with Gasteiger partial charge in [0, 0.05) is 25.3 Å². The molecular weight excluding hydrogens is 256 g/mol. The summed E-state index contributed by atoms with van der Waals surface area (Å²) >= 11 is 0. The van der Waals surface area contributed by atoms with Crippen LogP contribution in [0.15, 0.2) is 24.3 Å². The van der Waals surface area contributed by atoms with Crippen molar-refractivity contribution < 1.29 is 14.3 Å². The molecule has 112 valence electrons. The van der Waals surface area contributed by atoms with E-state index in [1.807, 2.05) is 38.2 Å². The third-order valence-corrected chi connectivity index (χ3v) is 2.66. The van der Waals surface area contributed by atoms with Gasteiger partial charge in [-0.15, -0.1) is 0 Å². The first-order valence-corrected chi connectivity index (χ1v) is 6.95. The highest BCUT2D eigenvalue weighted by Gasteiger charge is 2.02. The topological polar surface area (TPSA) is 59.6 Å². The lowest BCUT2D eigenvalue weighted by Gasteiger charge is -2.08. The van der Waals surface area contributed by atoms with Crippen LogP contribution in [0.5, 0.6) is 0 Å². The van der Waals surface area contributed by atoms with Gasteiger partial charge in [0.1, 0.15) is 0 Å². The van der Waals surface area contributed by atoms with E-state index in [2.05, 4.69) is 10.6 Å². The fraction of sp³-hybridized carbons (Fsp3) is 0.533. The third-order valence-electron chi connectivity index (χ3n) is 2.66. The molecule has 1 rings (SSSR count). The van der Waals surface area contributed by atoms with Gasteiger partial charge in [0.25, 0.3) is 0 Å². The third kappa shape index (κ3) is 7.23. The highest BCUT2D eigenvalue weighted by atomic mass is 16.5. The minimum atomic E-state index is 0.00811. The van der Waals surface area contributed by atoms with Gasteiger partial charge in [0.2, 0.25) is 5.91 Å². The summed E-state index contributed by atoms with van der Waals surface area (Å²) in [5, 5.41) is 5.82. The van der Waals surface area contributed by atoms with E-state index in [4.69, 9.17) is 9.47 Å². The Balaban J connectivity index is 2.35. The van der Waals surface area contributed by atoms with Crippen LogP contribution in [0.4, 0.5) is 5.69 Å². The van der Waals surface area contributed by atoms with Crippen molar-refractivity contribution in [1.82, 2.24) is 5.32 Å². The van der Waals surface area contributed by atoms with E-state index in [0.717, 1.165) is 11.3 Å². The molecule has 0 atom stereocenters. The summed E-state index contributed by atoms with van der Waals surface area (Å²) in [5.41, 5.74) is 1.84. The van der Waals surface area contributed by atoms with Crippen molar-refractivity contribution in [2.45, 2.75) is 20.0 Å². The number of nitrogens with one attached hydrogen (secondary N) is 2. The zero-order chi connectivity index (χ0) is 14.6. The molecule has 0 saturated carbocycles. The first-order chi connectivity index (χ1) is 9.76. The van der Waals surface area contributed by atoms with Crippen LogP contribution in [0.3, 0.4) is 0 Å². The Morgan fingerprint density at radius 1 is 1.25 bits per heavy atom. The summed E-state index contributed by atoms with van der Waals surface area (Å²) in [6, 6.07) is 7.69. The molecule has 0 spiro atoms. The second-order valence-corrected chi connectivity index (χ2v) is 4.35. The van der Waals surface area contributed by atoms with Gasteiger partial charge < -0.3 is 20.1 Å². The van der Waals surface area contributed by atoms with Crippen molar-refractivity contribution >= 4 is 11.6 Å². The molecule has 0 aliphatic heterocycles. The predicted octanol–water partition coefficient (Wildman–Crippen LogP) is 1.79. The van der Waals surface area contributed by atoms with Crippen molar-refractivity contribution in [2.24, 2.45) is 0 Å². The number of carbonyl (C=O) groups is 1. The predicted molar refractivity (Wildman–Crippen MR) is 79.8 cm³/mol. The van der Waals surface area contributed by atoms with Gasteiger partial charge in [-0.2, -0.15) is 0 Å². The summed E-state index contributed by atoms with van der Waals surface area (Å²) in [6.07, 6.45) is 0.464. The van der Waals surface area contributed by atoms with Gasteiger partial charge in [-0.25, -0.2) is 0 Å². The maximum atomic E-state index is 11.6. The summed E-state index contributed by atoms with van der Waals surface area (Å²) in [7, 11) is 1.83. The molecule has 0 saturated heterocycles.